The quantitative estimate of drug-likeness (QED) is 0.861. The SMILES string of the molecule is COc1ccc(O)c(-c2nncc(C)c2C)c1. The van der Waals surface area contributed by atoms with E-state index in [2.05, 4.69) is 10.2 Å². The predicted octanol–water partition coefficient (Wildman–Crippen LogP) is 2.47. The van der Waals surface area contributed by atoms with E-state index < -0.39 is 0 Å². The first-order valence-electron chi connectivity index (χ1n) is 5.29. The van der Waals surface area contributed by atoms with E-state index in [0.29, 0.717) is 17.0 Å². The predicted molar refractivity (Wildman–Crippen MR) is 65.2 cm³/mol. The Bertz CT molecular complexity index is 553. The smallest absolute Gasteiger partial charge is 0.125 e. The van der Waals surface area contributed by atoms with Gasteiger partial charge < -0.3 is 9.84 Å². The number of ether oxygens (including phenoxy) is 1. The number of methoxy groups -OCH3 is 1. The molecule has 4 heteroatoms. The van der Waals surface area contributed by atoms with Gasteiger partial charge in [0.15, 0.2) is 0 Å². The molecule has 0 radical (unpaired) electrons. The number of hydrogen-bond acceptors (Lipinski definition) is 4. The molecule has 0 aliphatic carbocycles. The van der Waals surface area contributed by atoms with Gasteiger partial charge in [0.1, 0.15) is 11.5 Å². The van der Waals surface area contributed by atoms with E-state index >= 15 is 0 Å². The zero-order chi connectivity index (χ0) is 12.4. The summed E-state index contributed by atoms with van der Waals surface area (Å²) >= 11 is 0. The van der Waals surface area contributed by atoms with Gasteiger partial charge in [0.2, 0.25) is 0 Å². The van der Waals surface area contributed by atoms with E-state index in [1.807, 2.05) is 13.8 Å². The summed E-state index contributed by atoms with van der Waals surface area (Å²) in [6.07, 6.45) is 1.70. The third-order valence-electron chi connectivity index (χ3n) is 2.81. The maximum absolute atomic E-state index is 9.88. The normalized spacial score (nSPS) is 10.3. The third kappa shape index (κ3) is 2.06. The molecular formula is C13H14N2O2. The summed E-state index contributed by atoms with van der Waals surface area (Å²) in [5.41, 5.74) is 3.36. The molecule has 88 valence electrons. The van der Waals surface area contributed by atoms with Crippen LogP contribution in [0.15, 0.2) is 24.4 Å². The Kier molecular flexibility index (Phi) is 2.95. The zero-order valence-electron chi connectivity index (χ0n) is 10.1. The van der Waals surface area contributed by atoms with E-state index in [0.717, 1.165) is 11.1 Å². The summed E-state index contributed by atoms with van der Waals surface area (Å²) in [5.74, 6) is 0.856. The minimum atomic E-state index is 0.175. The maximum atomic E-state index is 9.88. The minimum Gasteiger partial charge on any atom is -0.507 e. The molecule has 0 fully saturated rings. The fraction of sp³-hybridized carbons (Fsp3) is 0.231. The summed E-state index contributed by atoms with van der Waals surface area (Å²) in [6, 6.07) is 5.06. The number of nitrogens with zero attached hydrogens (tertiary/aromatic N) is 2. The molecule has 1 N–H and O–H groups in total. The summed E-state index contributed by atoms with van der Waals surface area (Å²) in [4.78, 5) is 0. The van der Waals surface area contributed by atoms with Crippen LogP contribution < -0.4 is 4.74 Å². The summed E-state index contributed by atoms with van der Waals surface area (Å²) in [6.45, 7) is 3.92. The van der Waals surface area contributed by atoms with Crippen molar-refractivity contribution in [1.82, 2.24) is 10.2 Å². The van der Waals surface area contributed by atoms with Gasteiger partial charge in [-0.1, -0.05) is 0 Å². The number of hydrogen-bond donors (Lipinski definition) is 1. The van der Waals surface area contributed by atoms with Crippen LogP contribution in [0.5, 0.6) is 11.5 Å². The molecule has 2 rings (SSSR count). The number of benzene rings is 1. The van der Waals surface area contributed by atoms with Crippen molar-refractivity contribution in [3.63, 3.8) is 0 Å². The van der Waals surface area contributed by atoms with E-state index in [1.165, 1.54) is 0 Å². The van der Waals surface area contributed by atoms with E-state index in [4.69, 9.17) is 4.74 Å². The summed E-state index contributed by atoms with van der Waals surface area (Å²) < 4.78 is 5.14. The molecule has 0 aliphatic heterocycles. The lowest BCUT2D eigenvalue weighted by atomic mass is 10.0. The van der Waals surface area contributed by atoms with Crippen molar-refractivity contribution in [2.45, 2.75) is 13.8 Å². The van der Waals surface area contributed by atoms with Gasteiger partial charge in [-0.15, -0.1) is 0 Å². The maximum Gasteiger partial charge on any atom is 0.125 e. The second-order valence-corrected chi connectivity index (χ2v) is 3.88. The highest BCUT2D eigenvalue weighted by atomic mass is 16.5. The van der Waals surface area contributed by atoms with Crippen LogP contribution in [0.3, 0.4) is 0 Å². The van der Waals surface area contributed by atoms with E-state index in [1.54, 1.807) is 31.5 Å². The third-order valence-corrected chi connectivity index (χ3v) is 2.81. The molecule has 0 unspecified atom stereocenters. The van der Waals surface area contributed by atoms with Crippen molar-refractivity contribution in [2.75, 3.05) is 7.11 Å². The largest absolute Gasteiger partial charge is 0.507 e. The number of aromatic nitrogens is 2. The van der Waals surface area contributed by atoms with Crippen molar-refractivity contribution >= 4 is 0 Å². The summed E-state index contributed by atoms with van der Waals surface area (Å²) in [5, 5.41) is 17.9. The Labute approximate surface area is 99.9 Å². The van der Waals surface area contributed by atoms with Crippen molar-refractivity contribution < 1.29 is 9.84 Å². The Hall–Kier alpha value is -2.10. The number of phenols is 1. The highest BCUT2D eigenvalue weighted by molar-refractivity contribution is 5.71. The summed E-state index contributed by atoms with van der Waals surface area (Å²) in [7, 11) is 1.59. The van der Waals surface area contributed by atoms with E-state index in [9.17, 15) is 5.11 Å². The van der Waals surface area contributed by atoms with Crippen LogP contribution >= 0.6 is 0 Å². The molecule has 1 heterocycles. The lowest BCUT2D eigenvalue weighted by molar-refractivity contribution is 0.412. The highest BCUT2D eigenvalue weighted by Crippen LogP contribution is 2.33. The number of aryl methyl sites for hydroxylation is 1. The van der Waals surface area contributed by atoms with Gasteiger partial charge in [-0.25, -0.2) is 0 Å². The van der Waals surface area contributed by atoms with Crippen LogP contribution in [-0.2, 0) is 0 Å². The van der Waals surface area contributed by atoms with Gasteiger partial charge in [0.05, 0.1) is 19.0 Å². The first-order chi connectivity index (χ1) is 8.13. The standard InChI is InChI=1S/C13H14N2O2/c1-8-7-14-15-13(9(8)2)11-6-10(17-3)4-5-12(11)16/h4-7,16H,1-3H3. The van der Waals surface area contributed by atoms with Crippen molar-refractivity contribution in [3.8, 4) is 22.8 Å². The number of aromatic hydroxyl groups is 1. The van der Waals surface area contributed by atoms with Gasteiger partial charge in [0, 0.05) is 5.56 Å². The van der Waals surface area contributed by atoms with Crippen LogP contribution in [0, 0.1) is 13.8 Å². The molecule has 4 nitrogen and oxygen atoms in total. The minimum absolute atomic E-state index is 0.175. The first-order valence-corrected chi connectivity index (χ1v) is 5.29. The Morgan fingerprint density at radius 2 is 2.00 bits per heavy atom. The molecule has 0 bridgehead atoms. The fourth-order valence-electron chi connectivity index (χ4n) is 1.62. The Morgan fingerprint density at radius 3 is 2.71 bits per heavy atom. The monoisotopic (exact) mass is 230 g/mol. The molecule has 0 saturated carbocycles. The lowest BCUT2D eigenvalue weighted by Gasteiger charge is -2.09. The Balaban J connectivity index is 2.63. The average Bonchev–Trinajstić information content (AvgIpc) is 2.34. The second-order valence-electron chi connectivity index (χ2n) is 3.88. The topological polar surface area (TPSA) is 55.2 Å². The zero-order valence-corrected chi connectivity index (χ0v) is 10.1. The van der Waals surface area contributed by atoms with Crippen LogP contribution in [0.1, 0.15) is 11.1 Å². The molecule has 17 heavy (non-hydrogen) atoms. The molecule has 1 aromatic carbocycles. The molecule has 2 aromatic rings. The molecule has 0 spiro atoms. The van der Waals surface area contributed by atoms with Crippen LogP contribution in [-0.4, -0.2) is 22.4 Å². The van der Waals surface area contributed by atoms with Crippen LogP contribution in [0.25, 0.3) is 11.3 Å². The number of rotatable bonds is 2. The molecule has 0 atom stereocenters. The van der Waals surface area contributed by atoms with Gasteiger partial charge in [-0.2, -0.15) is 10.2 Å². The molecule has 0 aliphatic rings. The van der Waals surface area contributed by atoms with E-state index in [-0.39, 0.29) is 5.75 Å². The van der Waals surface area contributed by atoms with Gasteiger partial charge in [0.25, 0.3) is 0 Å². The van der Waals surface area contributed by atoms with Crippen LogP contribution in [0.4, 0.5) is 0 Å². The Morgan fingerprint density at radius 1 is 1.24 bits per heavy atom. The molecule has 0 saturated heterocycles. The highest BCUT2D eigenvalue weighted by Gasteiger charge is 2.11. The van der Waals surface area contributed by atoms with Crippen LogP contribution in [0.2, 0.25) is 0 Å². The second kappa shape index (κ2) is 4.41. The molecule has 0 amide bonds. The average molecular weight is 230 g/mol. The molecule has 1 aromatic heterocycles. The van der Waals surface area contributed by atoms with Crippen molar-refractivity contribution in [3.05, 3.63) is 35.5 Å². The van der Waals surface area contributed by atoms with Gasteiger partial charge >= 0.3 is 0 Å². The van der Waals surface area contributed by atoms with Gasteiger partial charge in [-0.05, 0) is 43.2 Å². The fourth-order valence-corrected chi connectivity index (χ4v) is 1.62. The number of phenolic OH excluding ortho intramolecular Hbond substituents is 1. The first kappa shape index (κ1) is 11.4. The van der Waals surface area contributed by atoms with Crippen molar-refractivity contribution in [2.24, 2.45) is 0 Å². The lowest BCUT2D eigenvalue weighted by Crippen LogP contribution is -1.95. The van der Waals surface area contributed by atoms with Gasteiger partial charge in [-0.3, -0.25) is 0 Å². The van der Waals surface area contributed by atoms with Crippen molar-refractivity contribution in [1.29, 1.82) is 0 Å². The molecular weight excluding hydrogens is 216 g/mol.